The van der Waals surface area contributed by atoms with Crippen molar-refractivity contribution in [2.24, 2.45) is 0 Å². The van der Waals surface area contributed by atoms with Crippen molar-refractivity contribution >= 4 is 0 Å². The molecule has 0 heterocycles. The van der Waals surface area contributed by atoms with Gasteiger partial charge in [0.2, 0.25) is 0 Å². The number of aliphatic hydroxyl groups is 1. The summed E-state index contributed by atoms with van der Waals surface area (Å²) in [5.74, 6) is 0. The first-order valence-electron chi connectivity index (χ1n) is 8.81. The lowest BCUT2D eigenvalue weighted by Gasteiger charge is -2.13. The van der Waals surface area contributed by atoms with E-state index in [9.17, 15) is 13.2 Å². The molecule has 0 spiro atoms. The van der Waals surface area contributed by atoms with Crippen LogP contribution in [0.25, 0.3) is 0 Å². The molecule has 0 aliphatic heterocycles. The van der Waals surface area contributed by atoms with Gasteiger partial charge in [0, 0.05) is 13.2 Å². The van der Waals surface area contributed by atoms with Crippen molar-refractivity contribution in [1.82, 2.24) is 0 Å². The highest BCUT2D eigenvalue weighted by Gasteiger charge is 2.37. The number of hydrogen-bond donors (Lipinski definition) is 1. The van der Waals surface area contributed by atoms with E-state index in [1.165, 1.54) is 38.5 Å². The van der Waals surface area contributed by atoms with E-state index >= 15 is 0 Å². The van der Waals surface area contributed by atoms with E-state index in [0.717, 1.165) is 25.9 Å². The second-order valence-electron chi connectivity index (χ2n) is 5.99. The smallest absolute Gasteiger partial charge is 0.384 e. The van der Waals surface area contributed by atoms with Gasteiger partial charge in [-0.15, -0.1) is 0 Å². The molecule has 0 saturated carbocycles. The van der Waals surface area contributed by atoms with Gasteiger partial charge < -0.3 is 9.84 Å². The summed E-state index contributed by atoms with van der Waals surface area (Å²) in [4.78, 5) is 0. The number of aliphatic hydroxyl groups excluding tert-OH is 1. The van der Waals surface area contributed by atoms with Gasteiger partial charge in [0.1, 0.15) is 6.10 Å². The average Bonchev–Trinajstić information content (AvgIpc) is 2.46. The molecule has 0 amide bonds. The third kappa shape index (κ3) is 14.6. The Bertz CT molecular complexity index is 232. The van der Waals surface area contributed by atoms with Crippen LogP contribution >= 0.6 is 0 Å². The van der Waals surface area contributed by atoms with Gasteiger partial charge in [0.25, 0.3) is 0 Å². The normalized spacial score (nSPS) is 13.5. The Morgan fingerprint density at radius 2 is 1.23 bits per heavy atom. The van der Waals surface area contributed by atoms with Crippen molar-refractivity contribution in [3.8, 4) is 0 Å². The minimum absolute atomic E-state index is 0.192. The summed E-state index contributed by atoms with van der Waals surface area (Å²) in [7, 11) is 0. The minimum atomic E-state index is -4.47. The highest BCUT2D eigenvalue weighted by Crippen LogP contribution is 2.23. The molecule has 1 atom stereocenters. The van der Waals surface area contributed by atoms with E-state index < -0.39 is 12.3 Å². The van der Waals surface area contributed by atoms with Crippen LogP contribution in [0.15, 0.2) is 0 Å². The van der Waals surface area contributed by atoms with E-state index in [0.29, 0.717) is 19.4 Å². The summed E-state index contributed by atoms with van der Waals surface area (Å²) in [6.45, 7) is 3.70. The summed E-state index contributed by atoms with van der Waals surface area (Å²) in [6, 6.07) is 0. The lowest BCUT2D eigenvalue weighted by atomic mass is 10.1. The minimum Gasteiger partial charge on any atom is -0.384 e. The lowest BCUT2D eigenvalue weighted by Crippen LogP contribution is -2.28. The largest absolute Gasteiger partial charge is 0.414 e. The van der Waals surface area contributed by atoms with Gasteiger partial charge in [-0.3, -0.25) is 0 Å². The molecule has 0 saturated heterocycles. The molecule has 0 aromatic rings. The second-order valence-corrected chi connectivity index (χ2v) is 5.99. The number of alkyl halides is 3. The number of hydrogen-bond acceptors (Lipinski definition) is 2. The third-order valence-electron chi connectivity index (χ3n) is 3.79. The van der Waals surface area contributed by atoms with Crippen LogP contribution < -0.4 is 0 Å². The van der Waals surface area contributed by atoms with Crippen molar-refractivity contribution in [1.29, 1.82) is 0 Å². The number of rotatable bonds is 15. The van der Waals surface area contributed by atoms with Crippen LogP contribution in [0, 0.1) is 0 Å². The summed E-state index contributed by atoms with van der Waals surface area (Å²) < 4.78 is 41.6. The number of unbranched alkanes of at least 4 members (excludes halogenated alkanes) is 9. The van der Waals surface area contributed by atoms with Crippen LogP contribution in [0.5, 0.6) is 0 Å². The lowest BCUT2D eigenvalue weighted by molar-refractivity contribution is -0.205. The maximum atomic E-state index is 12.0. The molecule has 1 unspecified atom stereocenters. The fourth-order valence-electron chi connectivity index (χ4n) is 2.32. The molecular formula is C17H33F3O2. The van der Waals surface area contributed by atoms with Crippen LogP contribution in [0.3, 0.4) is 0 Å². The topological polar surface area (TPSA) is 29.5 Å². The highest BCUT2D eigenvalue weighted by atomic mass is 19.4. The molecule has 0 aromatic carbocycles. The fraction of sp³-hybridized carbons (Fsp3) is 1.00. The van der Waals surface area contributed by atoms with Gasteiger partial charge in [0.15, 0.2) is 0 Å². The molecule has 0 aromatic heterocycles. The van der Waals surface area contributed by atoms with Crippen LogP contribution in [0.2, 0.25) is 0 Å². The molecule has 0 aliphatic carbocycles. The maximum absolute atomic E-state index is 12.0. The van der Waals surface area contributed by atoms with E-state index in [-0.39, 0.29) is 6.42 Å². The number of halogens is 3. The Kier molecular flexibility index (Phi) is 14.1. The predicted octanol–water partition coefficient (Wildman–Crippen LogP) is 5.63. The third-order valence-corrected chi connectivity index (χ3v) is 3.79. The summed E-state index contributed by atoms with van der Waals surface area (Å²) in [5, 5.41) is 8.83. The van der Waals surface area contributed by atoms with E-state index in [1.807, 2.05) is 0 Å². The summed E-state index contributed by atoms with van der Waals surface area (Å²) >= 11 is 0. The Morgan fingerprint density at radius 3 is 1.73 bits per heavy atom. The molecule has 22 heavy (non-hydrogen) atoms. The van der Waals surface area contributed by atoms with Gasteiger partial charge >= 0.3 is 6.18 Å². The molecular weight excluding hydrogens is 293 g/mol. The zero-order valence-electron chi connectivity index (χ0n) is 14.0. The molecule has 0 fully saturated rings. The first-order chi connectivity index (χ1) is 10.5. The molecule has 0 radical (unpaired) electrons. The van der Waals surface area contributed by atoms with Crippen molar-refractivity contribution in [2.45, 2.75) is 96.3 Å². The molecule has 0 aliphatic rings. The van der Waals surface area contributed by atoms with Gasteiger partial charge in [-0.25, -0.2) is 0 Å². The van der Waals surface area contributed by atoms with Crippen molar-refractivity contribution in [3.05, 3.63) is 0 Å². The fourth-order valence-corrected chi connectivity index (χ4v) is 2.32. The van der Waals surface area contributed by atoms with Gasteiger partial charge in [0.05, 0.1) is 0 Å². The second kappa shape index (κ2) is 14.3. The highest BCUT2D eigenvalue weighted by molar-refractivity contribution is 4.64. The van der Waals surface area contributed by atoms with Crippen LogP contribution in [0.4, 0.5) is 13.2 Å². The molecule has 5 heteroatoms. The van der Waals surface area contributed by atoms with Crippen LogP contribution in [-0.2, 0) is 4.74 Å². The zero-order chi connectivity index (χ0) is 16.7. The van der Waals surface area contributed by atoms with Gasteiger partial charge in [-0.1, -0.05) is 64.7 Å². The van der Waals surface area contributed by atoms with Crippen LogP contribution in [-0.4, -0.2) is 30.6 Å². The number of ether oxygens (including phenoxy) is 1. The maximum Gasteiger partial charge on any atom is 0.414 e. The SMILES string of the molecule is CCCCCCCCCOCCCCCCC(O)C(F)(F)F. The Balaban J connectivity index is 3.12. The molecule has 0 rings (SSSR count). The Hall–Kier alpha value is -0.290. The standard InChI is InChI=1S/C17H33F3O2/c1-2-3-4-5-6-8-11-14-22-15-12-9-7-10-13-16(21)17(18,19)20/h16,21H,2-15H2,1H3. The first kappa shape index (κ1) is 21.7. The average molecular weight is 326 g/mol. The van der Waals surface area contributed by atoms with E-state index in [4.69, 9.17) is 9.84 Å². The van der Waals surface area contributed by atoms with Crippen molar-refractivity contribution in [2.75, 3.05) is 13.2 Å². The van der Waals surface area contributed by atoms with Gasteiger partial charge in [-0.2, -0.15) is 13.2 Å². The Morgan fingerprint density at radius 1 is 0.773 bits per heavy atom. The van der Waals surface area contributed by atoms with Gasteiger partial charge in [-0.05, 0) is 19.3 Å². The van der Waals surface area contributed by atoms with Crippen molar-refractivity contribution < 1.29 is 23.0 Å². The summed E-state index contributed by atoms with van der Waals surface area (Å²) in [5.41, 5.74) is 0. The molecule has 134 valence electrons. The zero-order valence-corrected chi connectivity index (χ0v) is 14.0. The van der Waals surface area contributed by atoms with Crippen molar-refractivity contribution in [3.63, 3.8) is 0 Å². The first-order valence-corrected chi connectivity index (χ1v) is 8.81. The van der Waals surface area contributed by atoms with Crippen LogP contribution in [0.1, 0.15) is 84.0 Å². The monoisotopic (exact) mass is 326 g/mol. The van der Waals surface area contributed by atoms with E-state index in [1.54, 1.807) is 0 Å². The molecule has 2 nitrogen and oxygen atoms in total. The predicted molar refractivity (Wildman–Crippen MR) is 84.0 cm³/mol. The molecule has 1 N–H and O–H groups in total. The van der Waals surface area contributed by atoms with E-state index in [2.05, 4.69) is 6.92 Å². The Labute approximate surface area is 133 Å². The quantitative estimate of drug-likeness (QED) is 0.395. The molecule has 0 bridgehead atoms. The summed E-state index contributed by atoms with van der Waals surface area (Å²) in [6.07, 6.45) is 4.91.